The molecule has 0 saturated heterocycles. The van der Waals surface area contributed by atoms with Crippen LogP contribution < -0.4 is 10.6 Å². The maximum absolute atomic E-state index is 12.9. The second-order valence-electron chi connectivity index (χ2n) is 4.69. The summed E-state index contributed by atoms with van der Waals surface area (Å²) < 4.78 is 12.9. The standard InChI is InChI=1S/C16H13Cl2FN2O2/c17-10-2-1-3-12(8-10)21-15(22)6-7-20-16(23)13-5-4-11(19)9-14(13)18/h1-5,8-9H,6-7H2,(H,20,23)(H,21,22). The fraction of sp³-hybridized carbons (Fsp3) is 0.125. The highest BCUT2D eigenvalue weighted by atomic mass is 35.5. The van der Waals surface area contributed by atoms with Gasteiger partial charge < -0.3 is 10.6 Å². The van der Waals surface area contributed by atoms with E-state index in [4.69, 9.17) is 23.2 Å². The molecular weight excluding hydrogens is 342 g/mol. The first-order chi connectivity index (χ1) is 11.0. The number of rotatable bonds is 5. The molecule has 2 amide bonds. The Hall–Kier alpha value is -2.11. The van der Waals surface area contributed by atoms with Gasteiger partial charge in [0.15, 0.2) is 0 Å². The summed E-state index contributed by atoms with van der Waals surface area (Å²) in [5, 5.41) is 5.75. The molecule has 0 atom stereocenters. The lowest BCUT2D eigenvalue weighted by molar-refractivity contribution is -0.116. The van der Waals surface area contributed by atoms with Crippen LogP contribution in [0.15, 0.2) is 42.5 Å². The van der Waals surface area contributed by atoms with Crippen LogP contribution in [0, 0.1) is 5.82 Å². The van der Waals surface area contributed by atoms with Crippen molar-refractivity contribution in [1.29, 1.82) is 0 Å². The molecule has 0 fully saturated rings. The summed E-state index contributed by atoms with van der Waals surface area (Å²) in [6.07, 6.45) is 0.0804. The van der Waals surface area contributed by atoms with Gasteiger partial charge in [0.1, 0.15) is 5.82 Å². The van der Waals surface area contributed by atoms with Crippen LogP contribution in [0.25, 0.3) is 0 Å². The first-order valence-corrected chi connectivity index (χ1v) is 7.50. The van der Waals surface area contributed by atoms with Gasteiger partial charge in [0.25, 0.3) is 5.91 Å². The van der Waals surface area contributed by atoms with Gasteiger partial charge >= 0.3 is 0 Å². The van der Waals surface area contributed by atoms with Gasteiger partial charge in [-0.25, -0.2) is 4.39 Å². The minimum Gasteiger partial charge on any atom is -0.351 e. The van der Waals surface area contributed by atoms with Crippen molar-refractivity contribution in [2.24, 2.45) is 0 Å². The number of amides is 2. The highest BCUT2D eigenvalue weighted by molar-refractivity contribution is 6.33. The average molecular weight is 355 g/mol. The minimum atomic E-state index is -0.521. The highest BCUT2D eigenvalue weighted by Gasteiger charge is 2.11. The molecule has 0 bridgehead atoms. The maximum Gasteiger partial charge on any atom is 0.252 e. The van der Waals surface area contributed by atoms with E-state index < -0.39 is 11.7 Å². The molecule has 0 unspecified atom stereocenters. The van der Waals surface area contributed by atoms with Crippen molar-refractivity contribution in [2.75, 3.05) is 11.9 Å². The molecule has 23 heavy (non-hydrogen) atoms. The predicted molar refractivity (Wildman–Crippen MR) is 88.4 cm³/mol. The van der Waals surface area contributed by atoms with Gasteiger partial charge in [-0.05, 0) is 36.4 Å². The minimum absolute atomic E-state index is 0.0193. The van der Waals surface area contributed by atoms with Gasteiger partial charge in [0.2, 0.25) is 5.91 Å². The Bertz CT molecular complexity index is 738. The van der Waals surface area contributed by atoms with Crippen LogP contribution in [0.5, 0.6) is 0 Å². The third-order valence-electron chi connectivity index (χ3n) is 2.92. The molecule has 0 aliphatic rings. The molecular formula is C16H13Cl2FN2O2. The Morgan fingerprint density at radius 2 is 1.87 bits per heavy atom. The summed E-state index contributed by atoms with van der Waals surface area (Å²) in [6.45, 7) is 0.124. The molecule has 0 heterocycles. The quantitative estimate of drug-likeness (QED) is 0.855. The van der Waals surface area contributed by atoms with Crippen LogP contribution in [0.4, 0.5) is 10.1 Å². The van der Waals surface area contributed by atoms with E-state index in [1.54, 1.807) is 24.3 Å². The summed E-state index contributed by atoms with van der Waals surface area (Å²) >= 11 is 11.6. The number of benzene rings is 2. The summed E-state index contributed by atoms with van der Waals surface area (Å²) in [7, 11) is 0. The number of hydrogen-bond acceptors (Lipinski definition) is 2. The molecule has 0 aliphatic carbocycles. The Balaban J connectivity index is 1.82. The highest BCUT2D eigenvalue weighted by Crippen LogP contribution is 2.17. The zero-order valence-electron chi connectivity index (χ0n) is 11.9. The van der Waals surface area contributed by atoms with E-state index in [0.717, 1.165) is 12.1 Å². The molecule has 4 nitrogen and oxygen atoms in total. The topological polar surface area (TPSA) is 58.2 Å². The molecule has 7 heteroatoms. The van der Waals surface area contributed by atoms with Crippen LogP contribution in [-0.4, -0.2) is 18.4 Å². The van der Waals surface area contributed by atoms with Crippen LogP contribution in [0.3, 0.4) is 0 Å². The number of carbonyl (C=O) groups excluding carboxylic acids is 2. The third kappa shape index (κ3) is 5.23. The van der Waals surface area contributed by atoms with E-state index in [9.17, 15) is 14.0 Å². The first kappa shape index (κ1) is 17.2. The fourth-order valence-electron chi connectivity index (χ4n) is 1.85. The number of carbonyl (C=O) groups is 2. The first-order valence-electron chi connectivity index (χ1n) is 6.74. The number of nitrogens with one attached hydrogen (secondary N) is 2. The van der Waals surface area contributed by atoms with E-state index in [1.807, 2.05) is 0 Å². The smallest absolute Gasteiger partial charge is 0.252 e. The number of hydrogen-bond donors (Lipinski definition) is 2. The molecule has 2 aromatic carbocycles. The Morgan fingerprint density at radius 1 is 1.09 bits per heavy atom. The summed E-state index contributed by atoms with van der Waals surface area (Å²) in [6, 6.07) is 10.2. The predicted octanol–water partition coefficient (Wildman–Crippen LogP) is 3.89. The molecule has 0 saturated carbocycles. The van der Waals surface area contributed by atoms with Crippen LogP contribution in [-0.2, 0) is 4.79 Å². The van der Waals surface area contributed by atoms with Gasteiger partial charge in [-0.15, -0.1) is 0 Å². The Kier molecular flexibility index (Phi) is 5.96. The van der Waals surface area contributed by atoms with Crippen molar-refractivity contribution in [3.05, 3.63) is 63.9 Å². The van der Waals surface area contributed by atoms with Gasteiger partial charge in [0.05, 0.1) is 10.6 Å². The lowest BCUT2D eigenvalue weighted by Crippen LogP contribution is -2.27. The molecule has 0 spiro atoms. The van der Waals surface area contributed by atoms with Crippen molar-refractivity contribution in [3.63, 3.8) is 0 Å². The molecule has 2 rings (SSSR count). The second kappa shape index (κ2) is 7.94. The lowest BCUT2D eigenvalue weighted by atomic mass is 10.2. The zero-order valence-corrected chi connectivity index (χ0v) is 13.4. The van der Waals surface area contributed by atoms with Gasteiger partial charge in [-0.1, -0.05) is 29.3 Å². The Morgan fingerprint density at radius 3 is 2.57 bits per heavy atom. The molecule has 2 N–H and O–H groups in total. The lowest BCUT2D eigenvalue weighted by Gasteiger charge is -2.08. The second-order valence-corrected chi connectivity index (χ2v) is 5.53. The molecule has 2 aromatic rings. The average Bonchev–Trinajstić information content (AvgIpc) is 2.47. The number of anilines is 1. The van der Waals surface area contributed by atoms with Gasteiger partial charge in [0, 0.05) is 23.7 Å². The summed E-state index contributed by atoms with van der Waals surface area (Å²) in [5.74, 6) is -1.25. The third-order valence-corrected chi connectivity index (χ3v) is 3.47. The summed E-state index contributed by atoms with van der Waals surface area (Å²) in [4.78, 5) is 23.7. The maximum atomic E-state index is 12.9. The van der Waals surface area contributed by atoms with Crippen molar-refractivity contribution < 1.29 is 14.0 Å². The van der Waals surface area contributed by atoms with Gasteiger partial charge in [-0.3, -0.25) is 9.59 Å². The molecule has 0 aromatic heterocycles. The van der Waals surface area contributed by atoms with Crippen LogP contribution in [0.2, 0.25) is 10.0 Å². The SMILES string of the molecule is O=C(CCNC(=O)c1ccc(F)cc1Cl)Nc1cccc(Cl)c1. The van der Waals surface area contributed by atoms with Gasteiger partial charge in [-0.2, -0.15) is 0 Å². The summed E-state index contributed by atoms with van der Waals surface area (Å²) in [5.41, 5.74) is 0.735. The van der Waals surface area contributed by atoms with E-state index in [1.165, 1.54) is 6.07 Å². The monoisotopic (exact) mass is 354 g/mol. The molecule has 0 radical (unpaired) electrons. The zero-order chi connectivity index (χ0) is 16.8. The largest absolute Gasteiger partial charge is 0.351 e. The molecule has 0 aliphatic heterocycles. The van der Waals surface area contributed by atoms with E-state index in [0.29, 0.717) is 10.7 Å². The van der Waals surface area contributed by atoms with Crippen molar-refractivity contribution in [2.45, 2.75) is 6.42 Å². The van der Waals surface area contributed by atoms with E-state index in [2.05, 4.69) is 10.6 Å². The van der Waals surface area contributed by atoms with Crippen molar-refractivity contribution >= 4 is 40.7 Å². The Labute approximate surface area is 142 Å². The van der Waals surface area contributed by atoms with Crippen molar-refractivity contribution in [3.8, 4) is 0 Å². The number of halogens is 3. The van der Waals surface area contributed by atoms with Crippen LogP contribution in [0.1, 0.15) is 16.8 Å². The van der Waals surface area contributed by atoms with E-state index >= 15 is 0 Å². The van der Waals surface area contributed by atoms with Crippen molar-refractivity contribution in [1.82, 2.24) is 5.32 Å². The van der Waals surface area contributed by atoms with Crippen LogP contribution >= 0.6 is 23.2 Å². The fourth-order valence-corrected chi connectivity index (χ4v) is 2.29. The molecule has 120 valence electrons. The normalized spacial score (nSPS) is 10.2. The van der Waals surface area contributed by atoms with E-state index in [-0.39, 0.29) is 29.5 Å².